The number of carbonyl (C=O) groups excluding carboxylic acids is 1. The first kappa shape index (κ1) is 21.0. The van der Waals surface area contributed by atoms with Crippen LogP contribution < -0.4 is 0 Å². The fourth-order valence-corrected chi connectivity index (χ4v) is 4.93. The molecule has 4 nitrogen and oxygen atoms in total. The van der Waals surface area contributed by atoms with Crippen LogP contribution in [-0.2, 0) is 11.2 Å². The largest absolute Gasteiger partial charge is 0.339 e. The lowest BCUT2D eigenvalue weighted by Gasteiger charge is -2.46. The van der Waals surface area contributed by atoms with E-state index in [1.807, 2.05) is 18.2 Å². The molecule has 2 aromatic rings. The zero-order valence-corrected chi connectivity index (χ0v) is 18.1. The highest BCUT2D eigenvalue weighted by atomic mass is 19.1. The van der Waals surface area contributed by atoms with Crippen LogP contribution >= 0.6 is 0 Å². The Kier molecular flexibility index (Phi) is 6.21. The van der Waals surface area contributed by atoms with E-state index in [-0.39, 0.29) is 17.8 Å². The first-order chi connectivity index (χ1) is 14.5. The van der Waals surface area contributed by atoms with Gasteiger partial charge in [0.05, 0.1) is 11.5 Å². The van der Waals surface area contributed by atoms with Gasteiger partial charge in [-0.3, -0.25) is 9.69 Å². The van der Waals surface area contributed by atoms with E-state index in [0.717, 1.165) is 51.1 Å². The molecule has 2 aliphatic heterocycles. The Labute approximate surface area is 179 Å². The lowest BCUT2D eigenvalue weighted by atomic mass is 9.72. The molecule has 2 fully saturated rings. The minimum Gasteiger partial charge on any atom is -0.339 e. The second kappa shape index (κ2) is 8.86. The SMILES string of the molecule is CN1CCC(Cc2ccc(F)cc2)(C(=O)N2CCN(C)[C@H](c3ccccc3)C2)CC1. The van der Waals surface area contributed by atoms with Crippen LogP contribution in [0.4, 0.5) is 4.39 Å². The summed E-state index contributed by atoms with van der Waals surface area (Å²) in [6, 6.07) is 17.4. The summed E-state index contributed by atoms with van der Waals surface area (Å²) < 4.78 is 13.4. The molecule has 2 saturated heterocycles. The van der Waals surface area contributed by atoms with Gasteiger partial charge in [0, 0.05) is 19.6 Å². The zero-order valence-electron chi connectivity index (χ0n) is 18.1. The van der Waals surface area contributed by atoms with Crippen molar-refractivity contribution in [3.05, 3.63) is 71.5 Å². The van der Waals surface area contributed by atoms with Gasteiger partial charge in [0.2, 0.25) is 5.91 Å². The Bertz CT molecular complexity index is 846. The van der Waals surface area contributed by atoms with E-state index in [2.05, 4.69) is 53.1 Å². The van der Waals surface area contributed by atoms with Crippen LogP contribution in [0.15, 0.2) is 54.6 Å². The maximum absolute atomic E-state index is 14.0. The fourth-order valence-electron chi connectivity index (χ4n) is 4.93. The summed E-state index contributed by atoms with van der Waals surface area (Å²) in [5, 5.41) is 0. The van der Waals surface area contributed by atoms with E-state index in [1.165, 1.54) is 17.7 Å². The van der Waals surface area contributed by atoms with Crippen LogP contribution in [0.2, 0.25) is 0 Å². The van der Waals surface area contributed by atoms with E-state index in [0.29, 0.717) is 6.42 Å². The molecule has 0 spiro atoms. The number of piperidine rings is 1. The van der Waals surface area contributed by atoms with Crippen LogP contribution in [0.3, 0.4) is 0 Å². The summed E-state index contributed by atoms with van der Waals surface area (Å²) in [5.41, 5.74) is 1.90. The number of rotatable bonds is 4. The van der Waals surface area contributed by atoms with Crippen molar-refractivity contribution in [1.82, 2.24) is 14.7 Å². The van der Waals surface area contributed by atoms with Gasteiger partial charge in [0.15, 0.2) is 0 Å². The fraction of sp³-hybridized carbons (Fsp3) is 0.480. The van der Waals surface area contributed by atoms with Crippen molar-refractivity contribution in [2.24, 2.45) is 5.41 Å². The first-order valence-corrected chi connectivity index (χ1v) is 10.9. The Morgan fingerprint density at radius 2 is 1.63 bits per heavy atom. The Hall–Kier alpha value is -2.24. The molecule has 160 valence electrons. The molecule has 0 unspecified atom stereocenters. The van der Waals surface area contributed by atoms with Crippen molar-refractivity contribution in [1.29, 1.82) is 0 Å². The smallest absolute Gasteiger partial charge is 0.229 e. The van der Waals surface area contributed by atoms with Crippen molar-refractivity contribution in [2.75, 3.05) is 46.8 Å². The predicted octanol–water partition coefficient (Wildman–Crippen LogP) is 3.60. The molecule has 0 aromatic heterocycles. The van der Waals surface area contributed by atoms with E-state index in [9.17, 15) is 9.18 Å². The van der Waals surface area contributed by atoms with E-state index >= 15 is 0 Å². The second-order valence-corrected chi connectivity index (χ2v) is 9.05. The van der Waals surface area contributed by atoms with Gasteiger partial charge in [0.1, 0.15) is 5.82 Å². The summed E-state index contributed by atoms with van der Waals surface area (Å²) in [5.74, 6) is 0.0428. The zero-order chi connectivity index (χ0) is 21.1. The van der Waals surface area contributed by atoms with Crippen LogP contribution in [0.25, 0.3) is 0 Å². The molecule has 2 aromatic carbocycles. The average molecular weight is 410 g/mol. The molecular formula is C25H32FN3O. The van der Waals surface area contributed by atoms with Crippen LogP contribution in [0.1, 0.15) is 30.0 Å². The number of likely N-dealkylation sites (tertiary alicyclic amines) is 1. The molecule has 0 bridgehead atoms. The number of carbonyl (C=O) groups is 1. The number of hydrogen-bond acceptors (Lipinski definition) is 3. The quantitative estimate of drug-likeness (QED) is 0.772. The predicted molar refractivity (Wildman–Crippen MR) is 118 cm³/mol. The van der Waals surface area contributed by atoms with Gasteiger partial charge in [-0.1, -0.05) is 42.5 Å². The molecule has 1 amide bonds. The first-order valence-electron chi connectivity index (χ1n) is 10.9. The molecule has 0 radical (unpaired) electrons. The number of piperazine rings is 1. The van der Waals surface area contributed by atoms with Gasteiger partial charge in [0.25, 0.3) is 0 Å². The second-order valence-electron chi connectivity index (χ2n) is 9.05. The van der Waals surface area contributed by atoms with Gasteiger partial charge in [-0.25, -0.2) is 4.39 Å². The van der Waals surface area contributed by atoms with E-state index < -0.39 is 5.41 Å². The topological polar surface area (TPSA) is 26.8 Å². The highest BCUT2D eigenvalue weighted by Gasteiger charge is 2.44. The van der Waals surface area contributed by atoms with Gasteiger partial charge < -0.3 is 9.80 Å². The van der Waals surface area contributed by atoms with Crippen LogP contribution in [0, 0.1) is 11.2 Å². The monoisotopic (exact) mass is 409 g/mol. The number of hydrogen-bond donors (Lipinski definition) is 0. The Morgan fingerprint density at radius 1 is 0.967 bits per heavy atom. The molecule has 0 saturated carbocycles. The maximum atomic E-state index is 14.0. The number of amides is 1. The van der Waals surface area contributed by atoms with Gasteiger partial charge >= 0.3 is 0 Å². The van der Waals surface area contributed by atoms with Crippen LogP contribution in [0.5, 0.6) is 0 Å². The highest BCUT2D eigenvalue weighted by molar-refractivity contribution is 5.83. The Morgan fingerprint density at radius 3 is 2.30 bits per heavy atom. The number of benzene rings is 2. The molecule has 5 heteroatoms. The number of likely N-dealkylation sites (N-methyl/N-ethyl adjacent to an activating group) is 1. The number of nitrogens with zero attached hydrogens (tertiary/aromatic N) is 3. The van der Waals surface area contributed by atoms with Gasteiger partial charge in [-0.15, -0.1) is 0 Å². The summed E-state index contributed by atoms with van der Waals surface area (Å²) >= 11 is 0. The third kappa shape index (κ3) is 4.42. The minimum atomic E-state index is -0.401. The van der Waals surface area contributed by atoms with Crippen molar-refractivity contribution < 1.29 is 9.18 Å². The van der Waals surface area contributed by atoms with E-state index in [1.54, 1.807) is 0 Å². The summed E-state index contributed by atoms with van der Waals surface area (Å²) in [4.78, 5) is 20.7. The van der Waals surface area contributed by atoms with Gasteiger partial charge in [-0.2, -0.15) is 0 Å². The van der Waals surface area contributed by atoms with Crippen molar-refractivity contribution in [3.63, 3.8) is 0 Å². The Balaban J connectivity index is 1.57. The molecule has 2 heterocycles. The van der Waals surface area contributed by atoms with Crippen molar-refractivity contribution in [2.45, 2.75) is 25.3 Å². The summed E-state index contributed by atoms with van der Waals surface area (Å²) in [6.45, 7) is 4.20. The normalized spacial score (nSPS) is 22.8. The molecule has 30 heavy (non-hydrogen) atoms. The van der Waals surface area contributed by atoms with Crippen molar-refractivity contribution in [3.8, 4) is 0 Å². The lowest BCUT2D eigenvalue weighted by Crippen LogP contribution is -2.56. The molecular weight excluding hydrogens is 377 g/mol. The minimum absolute atomic E-state index is 0.220. The molecule has 0 N–H and O–H groups in total. The number of halogens is 1. The van der Waals surface area contributed by atoms with Crippen molar-refractivity contribution >= 4 is 5.91 Å². The molecule has 1 atom stereocenters. The standard InChI is InChI=1S/C25H32FN3O/c1-27-14-12-25(13-15-27,18-20-8-10-22(26)11-9-20)24(30)29-17-16-28(2)23(19-29)21-6-4-3-5-7-21/h3-11,23H,12-19H2,1-2H3/t23-/m0/s1. The average Bonchev–Trinajstić information content (AvgIpc) is 2.77. The highest BCUT2D eigenvalue weighted by Crippen LogP contribution is 2.38. The third-order valence-electron chi connectivity index (χ3n) is 6.97. The molecule has 0 aliphatic carbocycles. The van der Waals surface area contributed by atoms with Gasteiger partial charge in [-0.05, 0) is 69.7 Å². The van der Waals surface area contributed by atoms with Crippen LogP contribution in [-0.4, -0.2) is 67.4 Å². The molecule has 2 aliphatic rings. The summed E-state index contributed by atoms with van der Waals surface area (Å²) in [6.07, 6.45) is 2.38. The van der Waals surface area contributed by atoms with E-state index in [4.69, 9.17) is 0 Å². The summed E-state index contributed by atoms with van der Waals surface area (Å²) in [7, 11) is 4.26. The molecule has 4 rings (SSSR count). The lowest BCUT2D eigenvalue weighted by molar-refractivity contribution is -0.148. The third-order valence-corrected chi connectivity index (χ3v) is 6.97. The maximum Gasteiger partial charge on any atom is 0.229 e.